The van der Waals surface area contributed by atoms with Gasteiger partial charge in [-0.2, -0.15) is 0 Å². The van der Waals surface area contributed by atoms with Crippen molar-refractivity contribution < 1.29 is 23.8 Å². The van der Waals surface area contributed by atoms with E-state index in [0.717, 1.165) is 12.0 Å². The highest BCUT2D eigenvalue weighted by molar-refractivity contribution is 7.46. The number of benzene rings is 1. The zero-order valence-corrected chi connectivity index (χ0v) is 11.0. The Balaban J connectivity index is 0.000000360. The van der Waals surface area contributed by atoms with E-state index in [2.05, 4.69) is 4.52 Å². The third-order valence-corrected chi connectivity index (χ3v) is 2.42. The van der Waals surface area contributed by atoms with E-state index in [1.807, 2.05) is 13.0 Å². The Morgan fingerprint density at radius 1 is 1.39 bits per heavy atom. The van der Waals surface area contributed by atoms with E-state index in [9.17, 15) is 14.7 Å². The number of rotatable bonds is 4. The number of phosphoric ester groups is 1. The van der Waals surface area contributed by atoms with Crippen LogP contribution in [0.2, 0.25) is 0 Å². The van der Waals surface area contributed by atoms with Crippen LogP contribution >= 0.6 is 7.82 Å². The van der Waals surface area contributed by atoms with Crippen molar-refractivity contribution >= 4 is 13.5 Å². The summed E-state index contributed by atoms with van der Waals surface area (Å²) in [6.07, 6.45) is 0.835. The van der Waals surface area contributed by atoms with Crippen molar-refractivity contribution in [3.63, 3.8) is 0 Å². The summed E-state index contributed by atoms with van der Waals surface area (Å²) < 4.78 is 13.6. The third kappa shape index (κ3) is 7.92. The van der Waals surface area contributed by atoms with Gasteiger partial charge in [-0.15, -0.1) is 0 Å². The number of non-ortho nitro benzene ring substituents is 1. The largest absolute Gasteiger partial charge is 0.469 e. The summed E-state index contributed by atoms with van der Waals surface area (Å²) in [6.45, 7) is 3.53. The van der Waals surface area contributed by atoms with E-state index in [0.29, 0.717) is 0 Å². The van der Waals surface area contributed by atoms with Gasteiger partial charge in [0.05, 0.1) is 11.5 Å². The van der Waals surface area contributed by atoms with E-state index < -0.39 is 7.82 Å². The van der Waals surface area contributed by atoms with Gasteiger partial charge in [-0.05, 0) is 18.9 Å². The van der Waals surface area contributed by atoms with Crippen molar-refractivity contribution in [3.8, 4) is 0 Å². The fraction of sp³-hybridized carbons (Fsp3) is 0.400. The van der Waals surface area contributed by atoms with E-state index in [4.69, 9.17) is 9.79 Å². The predicted octanol–water partition coefficient (Wildman–Crippen LogP) is 2.27. The second kappa shape index (κ2) is 7.94. The van der Waals surface area contributed by atoms with E-state index >= 15 is 0 Å². The van der Waals surface area contributed by atoms with Gasteiger partial charge in [0.1, 0.15) is 0 Å². The summed E-state index contributed by atoms with van der Waals surface area (Å²) >= 11 is 0. The molecular weight excluding hydrogens is 261 g/mol. The van der Waals surface area contributed by atoms with Crippen molar-refractivity contribution in [1.82, 2.24) is 0 Å². The van der Waals surface area contributed by atoms with Crippen LogP contribution in [0.3, 0.4) is 0 Å². The summed E-state index contributed by atoms with van der Waals surface area (Å²) in [4.78, 5) is 25.7. The molecule has 0 heterocycles. The molecule has 0 aliphatic carbocycles. The van der Waals surface area contributed by atoms with Gasteiger partial charge in [0, 0.05) is 12.1 Å². The van der Waals surface area contributed by atoms with Crippen molar-refractivity contribution in [2.45, 2.75) is 20.3 Å². The molecule has 0 atom stereocenters. The number of nitro benzene ring substituents is 1. The molecule has 0 aliphatic heterocycles. The Kier molecular flexibility index (Phi) is 7.38. The molecule has 1 rings (SSSR count). The van der Waals surface area contributed by atoms with Gasteiger partial charge in [0.15, 0.2) is 0 Å². The first kappa shape index (κ1) is 16.7. The van der Waals surface area contributed by atoms with Crippen molar-refractivity contribution in [1.29, 1.82) is 0 Å². The van der Waals surface area contributed by atoms with Gasteiger partial charge < -0.3 is 9.79 Å². The van der Waals surface area contributed by atoms with E-state index in [1.54, 1.807) is 12.1 Å². The fourth-order valence-corrected chi connectivity index (χ4v) is 1.39. The van der Waals surface area contributed by atoms with Gasteiger partial charge in [-0.1, -0.05) is 19.1 Å². The zero-order valence-electron chi connectivity index (χ0n) is 10.1. The summed E-state index contributed by atoms with van der Waals surface area (Å²) in [6, 6.07) is 6.68. The van der Waals surface area contributed by atoms with Crippen molar-refractivity contribution in [3.05, 3.63) is 39.9 Å². The quantitative estimate of drug-likeness (QED) is 0.496. The molecule has 0 aromatic heterocycles. The molecular formula is C10H16NO6P. The van der Waals surface area contributed by atoms with Crippen molar-refractivity contribution in [2.75, 3.05) is 6.61 Å². The van der Waals surface area contributed by atoms with Crippen LogP contribution in [-0.4, -0.2) is 21.3 Å². The fourth-order valence-electron chi connectivity index (χ4n) is 1.06. The highest BCUT2D eigenvalue weighted by atomic mass is 31.2. The first-order chi connectivity index (χ1) is 8.30. The van der Waals surface area contributed by atoms with Crippen LogP contribution in [0.25, 0.3) is 0 Å². The minimum absolute atomic E-state index is 0.0459. The molecule has 1 aromatic carbocycles. The Morgan fingerprint density at radius 3 is 2.33 bits per heavy atom. The zero-order chi connectivity index (χ0) is 14.2. The monoisotopic (exact) mass is 277 g/mol. The first-order valence-corrected chi connectivity index (χ1v) is 6.76. The lowest BCUT2D eigenvalue weighted by Gasteiger charge is -1.98. The maximum atomic E-state index is 10.3. The molecule has 8 heteroatoms. The Morgan fingerprint density at radius 2 is 2.00 bits per heavy atom. The van der Waals surface area contributed by atoms with Gasteiger partial charge in [0.2, 0.25) is 0 Å². The van der Waals surface area contributed by atoms with Gasteiger partial charge in [0.25, 0.3) is 5.69 Å². The molecule has 102 valence electrons. The number of nitro groups is 1. The molecule has 0 amide bonds. The second-order valence-corrected chi connectivity index (χ2v) is 4.43. The summed E-state index contributed by atoms with van der Waals surface area (Å²) in [5.41, 5.74) is 1.17. The molecule has 0 saturated carbocycles. The topological polar surface area (TPSA) is 110 Å². The summed E-state index contributed by atoms with van der Waals surface area (Å²) in [7, 11) is -4.17. The molecule has 0 spiro atoms. The molecule has 0 fully saturated rings. The smallest absolute Gasteiger partial charge is 0.303 e. The van der Waals surface area contributed by atoms with Crippen LogP contribution in [0.1, 0.15) is 19.4 Å². The van der Waals surface area contributed by atoms with Gasteiger partial charge >= 0.3 is 7.82 Å². The molecule has 0 unspecified atom stereocenters. The van der Waals surface area contributed by atoms with Crippen LogP contribution in [-0.2, 0) is 15.5 Å². The van der Waals surface area contributed by atoms with Crippen molar-refractivity contribution in [2.24, 2.45) is 0 Å². The maximum absolute atomic E-state index is 10.3. The average Bonchev–Trinajstić information content (AvgIpc) is 2.28. The van der Waals surface area contributed by atoms with Gasteiger partial charge in [-0.3, -0.25) is 14.6 Å². The lowest BCUT2D eigenvalue weighted by Crippen LogP contribution is -1.88. The molecule has 18 heavy (non-hydrogen) atoms. The lowest BCUT2D eigenvalue weighted by molar-refractivity contribution is -0.384. The molecule has 0 bridgehead atoms. The molecule has 0 aliphatic rings. The standard InChI is InChI=1S/C8H9NO2.C2H7O4P/c1-2-7-4-3-5-8(6-7)9(10)11;1-2-6-7(3,4)5/h3-6H,2H2,1H3;2H2,1H3,(H2,3,4,5). The number of aryl methyl sites for hydroxylation is 1. The molecule has 1 aromatic rings. The molecule has 0 saturated heterocycles. The average molecular weight is 277 g/mol. The third-order valence-electron chi connectivity index (χ3n) is 1.83. The van der Waals surface area contributed by atoms with E-state index in [1.165, 1.54) is 13.0 Å². The van der Waals surface area contributed by atoms with E-state index in [-0.39, 0.29) is 17.2 Å². The van der Waals surface area contributed by atoms with Crippen LogP contribution in [0.4, 0.5) is 5.69 Å². The normalized spacial score (nSPS) is 10.4. The van der Waals surface area contributed by atoms with Crippen LogP contribution in [0, 0.1) is 10.1 Å². The summed E-state index contributed by atoms with van der Waals surface area (Å²) in [5.74, 6) is 0. The minimum Gasteiger partial charge on any atom is -0.303 e. The first-order valence-electron chi connectivity index (χ1n) is 5.23. The Hall–Kier alpha value is -1.27. The van der Waals surface area contributed by atoms with Crippen LogP contribution in [0.5, 0.6) is 0 Å². The highest BCUT2D eigenvalue weighted by Crippen LogP contribution is 2.34. The second-order valence-electron chi connectivity index (χ2n) is 3.19. The molecule has 7 nitrogen and oxygen atoms in total. The summed E-state index contributed by atoms with van der Waals surface area (Å²) in [5, 5.41) is 10.3. The van der Waals surface area contributed by atoms with Crippen LogP contribution in [0.15, 0.2) is 24.3 Å². The number of nitrogens with zero attached hydrogens (tertiary/aromatic N) is 1. The molecule has 2 N–H and O–H groups in total. The Bertz CT molecular complexity index is 430. The number of hydrogen-bond donors (Lipinski definition) is 2. The minimum atomic E-state index is -4.17. The Labute approximate surface area is 105 Å². The number of hydrogen-bond acceptors (Lipinski definition) is 4. The number of phosphoric acid groups is 1. The maximum Gasteiger partial charge on any atom is 0.469 e. The van der Waals surface area contributed by atoms with Crippen LogP contribution < -0.4 is 0 Å². The lowest BCUT2D eigenvalue weighted by atomic mass is 10.1. The SMILES string of the molecule is CCOP(=O)(O)O.CCc1cccc([N+](=O)[O-])c1. The predicted molar refractivity (Wildman–Crippen MR) is 66.1 cm³/mol. The molecule has 0 radical (unpaired) electrons. The highest BCUT2D eigenvalue weighted by Gasteiger charge is 2.10. The van der Waals surface area contributed by atoms with Gasteiger partial charge in [-0.25, -0.2) is 4.57 Å².